The first kappa shape index (κ1) is 11.9. The quantitative estimate of drug-likeness (QED) is 0.792. The Labute approximate surface area is 97.1 Å². The van der Waals surface area contributed by atoms with Gasteiger partial charge in [0.2, 0.25) is 5.95 Å². The van der Waals surface area contributed by atoms with Gasteiger partial charge in [0.05, 0.1) is 5.92 Å². The van der Waals surface area contributed by atoms with Crippen LogP contribution in [0.5, 0.6) is 0 Å². The fraction of sp³-hybridized carbons (Fsp3) is 0.600. The zero-order valence-corrected chi connectivity index (χ0v) is 9.57. The molecule has 7 heteroatoms. The molecule has 1 aromatic heterocycles. The maximum atomic E-state index is 12.3. The van der Waals surface area contributed by atoms with E-state index in [1.54, 1.807) is 17.2 Å². The van der Waals surface area contributed by atoms with Crippen LogP contribution < -0.4 is 9.80 Å². The second kappa shape index (κ2) is 4.05. The predicted molar refractivity (Wildman–Crippen MR) is 58.1 cm³/mol. The number of rotatable bonds is 2. The van der Waals surface area contributed by atoms with E-state index in [9.17, 15) is 13.2 Å². The van der Waals surface area contributed by atoms with Crippen molar-refractivity contribution in [3.8, 4) is 0 Å². The number of hydrogen-bond acceptors (Lipinski definition) is 4. The molecule has 4 nitrogen and oxygen atoms in total. The van der Waals surface area contributed by atoms with Crippen LogP contribution in [-0.2, 0) is 0 Å². The van der Waals surface area contributed by atoms with Crippen molar-refractivity contribution in [1.29, 1.82) is 0 Å². The second-order valence-electron chi connectivity index (χ2n) is 4.25. The summed E-state index contributed by atoms with van der Waals surface area (Å²) in [5, 5.41) is 0. The van der Waals surface area contributed by atoms with Crippen LogP contribution in [0.4, 0.5) is 24.9 Å². The van der Waals surface area contributed by atoms with E-state index in [2.05, 4.69) is 9.97 Å². The summed E-state index contributed by atoms with van der Waals surface area (Å²) in [4.78, 5) is 11.5. The molecule has 1 saturated heterocycles. The molecule has 0 unspecified atom stereocenters. The van der Waals surface area contributed by atoms with Gasteiger partial charge in [-0.2, -0.15) is 18.2 Å². The minimum absolute atomic E-state index is 0.0552. The van der Waals surface area contributed by atoms with E-state index in [1.165, 1.54) is 4.90 Å². The first-order valence-electron chi connectivity index (χ1n) is 5.20. The summed E-state index contributed by atoms with van der Waals surface area (Å²) in [6.07, 6.45) is -2.56. The largest absolute Gasteiger partial charge is 0.395 e. The zero-order chi connectivity index (χ0) is 12.6. The minimum atomic E-state index is -4.12. The third-order valence-corrected chi connectivity index (χ3v) is 2.71. The van der Waals surface area contributed by atoms with Gasteiger partial charge in [-0.15, -0.1) is 0 Å². The molecule has 0 aliphatic carbocycles. The van der Waals surface area contributed by atoms with Crippen LogP contribution in [0.2, 0.25) is 0 Å². The maximum absolute atomic E-state index is 12.3. The Bertz CT molecular complexity index is 399. The summed E-state index contributed by atoms with van der Waals surface area (Å²) in [5.74, 6) is -0.212. The van der Waals surface area contributed by atoms with Crippen molar-refractivity contribution in [3.63, 3.8) is 0 Å². The smallest absolute Gasteiger partial charge is 0.363 e. The summed E-state index contributed by atoms with van der Waals surface area (Å²) in [7, 11) is 3.64. The van der Waals surface area contributed by atoms with Crippen LogP contribution in [-0.4, -0.2) is 43.3 Å². The van der Waals surface area contributed by atoms with Gasteiger partial charge in [-0.1, -0.05) is 0 Å². The van der Waals surface area contributed by atoms with Crippen molar-refractivity contribution in [3.05, 3.63) is 12.3 Å². The molecular weight excluding hydrogens is 233 g/mol. The SMILES string of the molecule is CN(C)c1ccnc(N2CC(C(F)(F)F)C2)n1. The molecule has 0 aromatic carbocycles. The van der Waals surface area contributed by atoms with Crippen LogP contribution in [0.3, 0.4) is 0 Å². The Morgan fingerprint density at radius 1 is 1.35 bits per heavy atom. The lowest BCUT2D eigenvalue weighted by atomic mass is 10.0. The Hall–Kier alpha value is -1.53. The van der Waals surface area contributed by atoms with Crippen molar-refractivity contribution in [2.45, 2.75) is 6.18 Å². The molecule has 1 aliphatic heterocycles. The highest BCUT2D eigenvalue weighted by atomic mass is 19.4. The van der Waals surface area contributed by atoms with Crippen molar-refractivity contribution < 1.29 is 13.2 Å². The fourth-order valence-corrected chi connectivity index (χ4v) is 1.59. The molecule has 94 valence electrons. The van der Waals surface area contributed by atoms with Gasteiger partial charge >= 0.3 is 6.18 Å². The molecule has 1 fully saturated rings. The standard InChI is InChI=1S/C10H13F3N4/c1-16(2)8-3-4-14-9(15-8)17-5-7(6-17)10(11,12)13/h3-4,7H,5-6H2,1-2H3. The van der Waals surface area contributed by atoms with Gasteiger partial charge in [0.25, 0.3) is 0 Å². The van der Waals surface area contributed by atoms with Crippen molar-refractivity contribution in [2.24, 2.45) is 5.92 Å². The molecule has 0 saturated carbocycles. The van der Waals surface area contributed by atoms with Crippen LogP contribution in [0.1, 0.15) is 0 Å². The average molecular weight is 246 g/mol. The lowest BCUT2D eigenvalue weighted by Gasteiger charge is -2.40. The van der Waals surface area contributed by atoms with Crippen LogP contribution in [0.25, 0.3) is 0 Å². The molecule has 0 N–H and O–H groups in total. The number of hydrogen-bond donors (Lipinski definition) is 0. The Balaban J connectivity index is 2.04. The summed E-state index contributed by atoms with van der Waals surface area (Å²) < 4.78 is 37.0. The van der Waals surface area contributed by atoms with Crippen molar-refractivity contribution in [1.82, 2.24) is 9.97 Å². The number of anilines is 2. The van der Waals surface area contributed by atoms with E-state index in [4.69, 9.17) is 0 Å². The average Bonchev–Trinajstić information content (AvgIpc) is 2.13. The molecule has 0 atom stereocenters. The molecule has 2 heterocycles. The topological polar surface area (TPSA) is 32.3 Å². The van der Waals surface area contributed by atoms with Gasteiger partial charge in [0, 0.05) is 33.4 Å². The third-order valence-electron chi connectivity index (χ3n) is 2.71. The summed E-state index contributed by atoms with van der Waals surface area (Å²) in [6.45, 7) is -0.110. The highest BCUT2D eigenvalue weighted by Crippen LogP contribution is 2.35. The summed E-state index contributed by atoms with van der Waals surface area (Å²) in [5.41, 5.74) is 0. The Kier molecular flexibility index (Phi) is 2.84. The maximum Gasteiger partial charge on any atom is 0.395 e. The van der Waals surface area contributed by atoms with Crippen LogP contribution in [0.15, 0.2) is 12.3 Å². The van der Waals surface area contributed by atoms with Crippen LogP contribution in [0, 0.1) is 5.92 Å². The Morgan fingerprint density at radius 3 is 2.53 bits per heavy atom. The molecule has 0 radical (unpaired) electrons. The molecule has 17 heavy (non-hydrogen) atoms. The van der Waals surface area contributed by atoms with Gasteiger partial charge in [-0.25, -0.2) is 4.98 Å². The highest BCUT2D eigenvalue weighted by Gasteiger charge is 2.47. The predicted octanol–water partition coefficient (Wildman–Crippen LogP) is 1.54. The minimum Gasteiger partial charge on any atom is -0.363 e. The monoisotopic (exact) mass is 246 g/mol. The number of halogens is 3. The van der Waals surface area contributed by atoms with Gasteiger partial charge in [-0.3, -0.25) is 0 Å². The molecule has 0 amide bonds. The van der Waals surface area contributed by atoms with Gasteiger partial charge in [0.15, 0.2) is 0 Å². The lowest BCUT2D eigenvalue weighted by Crippen LogP contribution is -2.54. The molecule has 1 aliphatic rings. The third kappa shape index (κ3) is 2.42. The van der Waals surface area contributed by atoms with Gasteiger partial charge in [0.1, 0.15) is 5.82 Å². The normalized spacial score (nSPS) is 16.9. The van der Waals surface area contributed by atoms with Gasteiger partial charge in [-0.05, 0) is 6.07 Å². The molecule has 0 spiro atoms. The molecule has 2 rings (SSSR count). The molecular formula is C10H13F3N4. The zero-order valence-electron chi connectivity index (χ0n) is 9.57. The van der Waals surface area contributed by atoms with Crippen molar-refractivity contribution in [2.75, 3.05) is 37.0 Å². The van der Waals surface area contributed by atoms with Crippen molar-refractivity contribution >= 4 is 11.8 Å². The van der Waals surface area contributed by atoms with Gasteiger partial charge < -0.3 is 9.80 Å². The molecule has 1 aromatic rings. The van der Waals surface area contributed by atoms with Crippen LogP contribution >= 0.6 is 0 Å². The number of nitrogens with zero attached hydrogens (tertiary/aromatic N) is 4. The van der Waals surface area contributed by atoms with E-state index in [1.807, 2.05) is 14.1 Å². The molecule has 0 bridgehead atoms. The first-order chi connectivity index (χ1) is 7.88. The lowest BCUT2D eigenvalue weighted by molar-refractivity contribution is -0.180. The fourth-order valence-electron chi connectivity index (χ4n) is 1.59. The Morgan fingerprint density at radius 2 is 2.00 bits per heavy atom. The van der Waals surface area contributed by atoms with E-state index in [-0.39, 0.29) is 13.1 Å². The van der Waals surface area contributed by atoms with E-state index in [0.717, 1.165) is 0 Å². The van der Waals surface area contributed by atoms with E-state index in [0.29, 0.717) is 11.8 Å². The summed E-state index contributed by atoms with van der Waals surface area (Å²) >= 11 is 0. The number of aromatic nitrogens is 2. The van der Waals surface area contributed by atoms with E-state index < -0.39 is 12.1 Å². The summed E-state index contributed by atoms with van der Waals surface area (Å²) in [6, 6.07) is 1.71. The number of alkyl halides is 3. The second-order valence-corrected chi connectivity index (χ2v) is 4.25. The van der Waals surface area contributed by atoms with E-state index >= 15 is 0 Å². The highest BCUT2D eigenvalue weighted by molar-refractivity contribution is 5.44. The first-order valence-corrected chi connectivity index (χ1v) is 5.20.